The molecule has 9 nitrogen and oxygen atoms in total. The third kappa shape index (κ3) is 4.15. The van der Waals surface area contributed by atoms with Crippen LogP contribution in [0.5, 0.6) is 0 Å². The summed E-state index contributed by atoms with van der Waals surface area (Å²) in [7, 11) is 0. The predicted molar refractivity (Wildman–Crippen MR) is 161 cm³/mol. The third-order valence-corrected chi connectivity index (χ3v) is 10.3. The van der Waals surface area contributed by atoms with E-state index in [-0.39, 0.29) is 23.9 Å². The van der Waals surface area contributed by atoms with E-state index in [1.165, 1.54) is 32.4 Å². The van der Waals surface area contributed by atoms with Crippen LogP contribution >= 0.6 is 0 Å². The molecular weight excluding hydrogens is 514 g/mol. The first-order valence-corrected chi connectivity index (χ1v) is 15.4. The van der Waals surface area contributed by atoms with E-state index < -0.39 is 5.41 Å². The van der Waals surface area contributed by atoms with Crippen molar-refractivity contribution < 1.29 is 9.59 Å². The molecule has 3 aromatic rings. The predicted octanol–water partition coefficient (Wildman–Crippen LogP) is 4.51. The molecule has 1 aromatic carbocycles. The second kappa shape index (κ2) is 9.82. The zero-order chi connectivity index (χ0) is 28.5. The van der Waals surface area contributed by atoms with Crippen LogP contribution in [0.15, 0.2) is 30.6 Å². The van der Waals surface area contributed by atoms with Crippen molar-refractivity contribution in [2.24, 2.45) is 0 Å². The molecule has 41 heavy (non-hydrogen) atoms. The molecule has 2 N–H and O–H groups in total. The van der Waals surface area contributed by atoms with Crippen LogP contribution in [0.3, 0.4) is 0 Å². The zero-order valence-corrected chi connectivity index (χ0v) is 24.5. The molecule has 5 heterocycles. The Morgan fingerprint density at radius 1 is 1.02 bits per heavy atom. The summed E-state index contributed by atoms with van der Waals surface area (Å²) in [6.07, 6.45) is 9.09. The maximum Gasteiger partial charge on any atom is 0.238 e. The van der Waals surface area contributed by atoms with E-state index >= 15 is 0 Å². The fraction of sp³-hybridized carbons (Fsp3) is 0.562. The van der Waals surface area contributed by atoms with Crippen molar-refractivity contribution in [2.75, 3.05) is 36.8 Å². The summed E-state index contributed by atoms with van der Waals surface area (Å²) in [4.78, 5) is 42.6. The number of nitrogens with two attached hydrogens (primary N) is 1. The minimum absolute atomic E-state index is 0.0834. The van der Waals surface area contributed by atoms with Gasteiger partial charge in [0.05, 0.1) is 23.0 Å². The number of imidazole rings is 1. The summed E-state index contributed by atoms with van der Waals surface area (Å²) in [6.45, 7) is 9.42. The van der Waals surface area contributed by atoms with E-state index in [9.17, 15) is 9.59 Å². The first kappa shape index (κ1) is 26.4. The van der Waals surface area contributed by atoms with E-state index in [1.807, 2.05) is 17.3 Å². The van der Waals surface area contributed by atoms with Gasteiger partial charge < -0.3 is 25.0 Å². The van der Waals surface area contributed by atoms with Gasteiger partial charge in [-0.1, -0.05) is 18.6 Å². The van der Waals surface area contributed by atoms with Crippen LogP contribution < -0.4 is 10.6 Å². The number of piperidine rings is 2. The Morgan fingerprint density at radius 2 is 1.76 bits per heavy atom. The number of hydrogen-bond donors (Lipinski definition) is 1. The zero-order valence-electron chi connectivity index (χ0n) is 24.5. The first-order chi connectivity index (χ1) is 19.8. The normalized spacial score (nSPS) is 24.3. The molecule has 0 bridgehead atoms. The number of amides is 2. The summed E-state index contributed by atoms with van der Waals surface area (Å²) >= 11 is 0. The summed E-state index contributed by atoms with van der Waals surface area (Å²) in [5.41, 5.74) is 11.4. The van der Waals surface area contributed by atoms with Crippen LogP contribution in [0.1, 0.15) is 77.3 Å². The van der Waals surface area contributed by atoms with Gasteiger partial charge in [0, 0.05) is 49.4 Å². The number of rotatable bonds is 4. The van der Waals surface area contributed by atoms with Crippen LogP contribution in [0.25, 0.3) is 22.3 Å². The summed E-state index contributed by atoms with van der Waals surface area (Å²) < 4.78 is 2.05. The van der Waals surface area contributed by atoms with Crippen molar-refractivity contribution >= 4 is 34.4 Å². The molecular formula is C32H41N7O2. The molecule has 0 radical (unpaired) electrons. The standard InChI is InChI=1S/C32H41N7O2/c1-20(2)38-19-34-27-18-26(35-30(33)29(27)38)22-7-8-25-28(15-22)39(24-16-23(17-24)37-11-5-4-6-12-37)31(41)32(25)9-13-36(14-10-32)21(3)40/h7-8,15,18-20,23-24H,4-6,9-14,16-17H2,1-3H3,(H2,33,35). The van der Waals surface area contributed by atoms with E-state index in [4.69, 9.17) is 10.7 Å². The van der Waals surface area contributed by atoms with Crippen LogP contribution in [-0.4, -0.2) is 74.4 Å². The highest BCUT2D eigenvalue weighted by Gasteiger charge is 2.55. The van der Waals surface area contributed by atoms with Crippen molar-refractivity contribution in [2.45, 2.75) is 89.3 Å². The highest BCUT2D eigenvalue weighted by molar-refractivity contribution is 6.09. The molecule has 1 saturated carbocycles. The number of nitrogen functional groups attached to an aromatic ring is 1. The summed E-state index contributed by atoms with van der Waals surface area (Å²) in [6, 6.07) is 9.38. The van der Waals surface area contributed by atoms with Gasteiger partial charge in [-0.15, -0.1) is 0 Å². The number of pyridine rings is 1. The Balaban J connectivity index is 1.25. The SMILES string of the molecule is CC(=O)N1CCC2(CC1)C(=O)N(C1CC(N3CCCCC3)C1)c1cc(-c3cc4ncn(C(C)C)c4c(N)n3)ccc12. The number of anilines is 2. The Labute approximate surface area is 241 Å². The van der Waals surface area contributed by atoms with Gasteiger partial charge in [-0.25, -0.2) is 9.97 Å². The van der Waals surface area contributed by atoms with Crippen molar-refractivity contribution in [1.29, 1.82) is 0 Å². The topological polar surface area (TPSA) is 101 Å². The second-order valence-corrected chi connectivity index (χ2v) is 12.9. The number of nitrogens with zero attached hydrogens (tertiary/aromatic N) is 6. The Morgan fingerprint density at radius 3 is 2.44 bits per heavy atom. The lowest BCUT2D eigenvalue weighted by atomic mass is 9.73. The molecule has 2 saturated heterocycles. The number of likely N-dealkylation sites (tertiary alicyclic amines) is 2. The smallest absolute Gasteiger partial charge is 0.238 e. The number of carbonyl (C=O) groups is 2. The van der Waals surface area contributed by atoms with Gasteiger partial charge in [0.15, 0.2) is 0 Å². The quantitative estimate of drug-likeness (QED) is 0.509. The summed E-state index contributed by atoms with van der Waals surface area (Å²) in [5, 5.41) is 0. The van der Waals surface area contributed by atoms with Gasteiger partial charge in [0.25, 0.3) is 0 Å². The van der Waals surface area contributed by atoms with Crippen LogP contribution in [0.4, 0.5) is 11.5 Å². The fourth-order valence-corrected chi connectivity index (χ4v) is 7.78. The van der Waals surface area contributed by atoms with Crippen molar-refractivity contribution in [3.05, 3.63) is 36.2 Å². The van der Waals surface area contributed by atoms with Crippen LogP contribution in [-0.2, 0) is 15.0 Å². The molecule has 1 spiro atoms. The molecule has 0 unspecified atom stereocenters. The molecule has 2 amide bonds. The van der Waals surface area contributed by atoms with Crippen molar-refractivity contribution in [1.82, 2.24) is 24.3 Å². The van der Waals surface area contributed by atoms with Crippen LogP contribution in [0.2, 0.25) is 0 Å². The molecule has 9 heteroatoms. The van der Waals surface area contributed by atoms with E-state index in [2.05, 4.69) is 51.4 Å². The molecule has 3 fully saturated rings. The van der Waals surface area contributed by atoms with Gasteiger partial charge in [-0.2, -0.15) is 0 Å². The van der Waals surface area contributed by atoms with Gasteiger partial charge in [0.2, 0.25) is 11.8 Å². The second-order valence-electron chi connectivity index (χ2n) is 12.9. The number of benzene rings is 1. The summed E-state index contributed by atoms with van der Waals surface area (Å²) in [5.74, 6) is 0.766. The van der Waals surface area contributed by atoms with Gasteiger partial charge in [-0.05, 0) is 83.2 Å². The highest BCUT2D eigenvalue weighted by atomic mass is 16.2. The molecule has 7 rings (SSSR count). The Bertz CT molecular complexity index is 1510. The molecule has 0 atom stereocenters. The largest absolute Gasteiger partial charge is 0.382 e. The molecule has 3 aliphatic heterocycles. The van der Waals surface area contributed by atoms with E-state index in [0.717, 1.165) is 46.4 Å². The maximum atomic E-state index is 14.4. The Kier molecular flexibility index (Phi) is 6.34. The fourth-order valence-electron chi connectivity index (χ4n) is 7.78. The number of hydrogen-bond acceptors (Lipinski definition) is 6. The van der Waals surface area contributed by atoms with E-state index in [0.29, 0.717) is 37.8 Å². The minimum atomic E-state index is -0.567. The maximum absolute atomic E-state index is 14.4. The first-order valence-electron chi connectivity index (χ1n) is 15.4. The lowest BCUT2D eigenvalue weighted by Crippen LogP contribution is -2.58. The molecule has 216 valence electrons. The molecule has 2 aromatic heterocycles. The number of aromatic nitrogens is 3. The van der Waals surface area contributed by atoms with Crippen molar-refractivity contribution in [3.8, 4) is 11.3 Å². The Hall–Kier alpha value is -3.46. The monoisotopic (exact) mass is 555 g/mol. The van der Waals surface area contributed by atoms with Crippen LogP contribution in [0, 0.1) is 0 Å². The average Bonchev–Trinajstić information content (AvgIpc) is 3.48. The van der Waals surface area contributed by atoms with Gasteiger partial charge in [0.1, 0.15) is 11.3 Å². The van der Waals surface area contributed by atoms with Crippen molar-refractivity contribution in [3.63, 3.8) is 0 Å². The van der Waals surface area contributed by atoms with Gasteiger partial charge in [-0.3, -0.25) is 9.59 Å². The lowest BCUT2D eigenvalue weighted by molar-refractivity contribution is -0.134. The minimum Gasteiger partial charge on any atom is -0.382 e. The van der Waals surface area contributed by atoms with Gasteiger partial charge >= 0.3 is 0 Å². The van der Waals surface area contributed by atoms with E-state index in [1.54, 1.807) is 6.92 Å². The molecule has 4 aliphatic rings. The highest BCUT2D eigenvalue weighted by Crippen LogP contribution is 2.52. The number of carbonyl (C=O) groups excluding carboxylic acids is 2. The number of fused-ring (bicyclic) bond motifs is 3. The average molecular weight is 556 g/mol. The third-order valence-electron chi connectivity index (χ3n) is 10.3. The lowest BCUT2D eigenvalue weighted by Gasteiger charge is -2.48. The molecule has 1 aliphatic carbocycles.